The lowest BCUT2D eigenvalue weighted by Gasteiger charge is -2.20. The van der Waals surface area contributed by atoms with E-state index in [4.69, 9.17) is 4.74 Å². The van der Waals surface area contributed by atoms with Crippen molar-refractivity contribution in [3.8, 4) is 0 Å². The van der Waals surface area contributed by atoms with Crippen LogP contribution in [0.25, 0.3) is 0 Å². The van der Waals surface area contributed by atoms with Crippen molar-refractivity contribution in [3.63, 3.8) is 0 Å². The van der Waals surface area contributed by atoms with Crippen molar-refractivity contribution in [1.29, 1.82) is 0 Å². The molecule has 0 amide bonds. The predicted octanol–water partition coefficient (Wildman–Crippen LogP) is 1.23. The zero-order valence-electron chi connectivity index (χ0n) is 10.6. The Kier molecular flexibility index (Phi) is 8.09. The van der Waals surface area contributed by atoms with E-state index in [1.807, 2.05) is 6.92 Å². The molecule has 15 heavy (non-hydrogen) atoms. The van der Waals surface area contributed by atoms with E-state index >= 15 is 0 Å². The molecule has 0 bridgehead atoms. The summed E-state index contributed by atoms with van der Waals surface area (Å²) in [5.41, 5.74) is 0. The molecule has 0 radical (unpaired) electrons. The van der Waals surface area contributed by atoms with Crippen LogP contribution in [0.1, 0.15) is 27.7 Å². The molecule has 0 saturated heterocycles. The van der Waals surface area contributed by atoms with E-state index in [0.717, 1.165) is 19.1 Å². The first kappa shape index (κ1) is 14.2. The highest BCUT2D eigenvalue weighted by Gasteiger charge is 2.07. The highest BCUT2D eigenvalue weighted by Crippen LogP contribution is 1.98. The molecule has 0 aliphatic heterocycles. The van der Waals surface area contributed by atoms with Gasteiger partial charge in [0.25, 0.3) is 0 Å². The number of ether oxygens (including phenoxy) is 1. The first-order valence-corrected chi connectivity index (χ1v) is 5.66. The maximum Gasteiger partial charge on any atom is 0.191 e. The van der Waals surface area contributed by atoms with Gasteiger partial charge in [0.1, 0.15) is 0 Å². The monoisotopic (exact) mass is 215 g/mol. The molecule has 0 fully saturated rings. The Labute approximate surface area is 93.5 Å². The van der Waals surface area contributed by atoms with Crippen LogP contribution in [0.4, 0.5) is 0 Å². The van der Waals surface area contributed by atoms with Crippen molar-refractivity contribution < 1.29 is 4.74 Å². The van der Waals surface area contributed by atoms with Crippen LogP contribution in [0.3, 0.4) is 0 Å². The maximum absolute atomic E-state index is 5.24. The number of hydrogen-bond donors (Lipinski definition) is 2. The molecule has 1 unspecified atom stereocenters. The lowest BCUT2D eigenvalue weighted by atomic mass is 10.1. The van der Waals surface area contributed by atoms with Gasteiger partial charge in [-0.25, -0.2) is 0 Å². The Balaban J connectivity index is 3.74. The van der Waals surface area contributed by atoms with Crippen molar-refractivity contribution in [2.24, 2.45) is 10.9 Å². The van der Waals surface area contributed by atoms with Gasteiger partial charge in [-0.3, -0.25) is 4.99 Å². The SMILES string of the molecule is CCOCCNC(=NC)NC(C)C(C)C. The molecule has 0 aromatic carbocycles. The molecule has 0 rings (SSSR count). The fraction of sp³-hybridized carbons (Fsp3) is 0.909. The lowest BCUT2D eigenvalue weighted by molar-refractivity contribution is 0.152. The second-order valence-electron chi connectivity index (χ2n) is 3.87. The van der Waals surface area contributed by atoms with Crippen molar-refractivity contribution >= 4 is 5.96 Å². The standard InChI is InChI=1S/C11H25N3O/c1-6-15-8-7-13-11(12-5)14-10(4)9(2)3/h9-10H,6-8H2,1-5H3,(H2,12,13,14). The van der Waals surface area contributed by atoms with Crippen LogP contribution < -0.4 is 10.6 Å². The van der Waals surface area contributed by atoms with Gasteiger partial charge in [0.05, 0.1) is 6.61 Å². The molecule has 0 heterocycles. The van der Waals surface area contributed by atoms with Crippen LogP contribution in [0.5, 0.6) is 0 Å². The summed E-state index contributed by atoms with van der Waals surface area (Å²) in [6.07, 6.45) is 0. The first-order chi connectivity index (χ1) is 7.11. The number of guanidine groups is 1. The third-order valence-corrected chi connectivity index (χ3v) is 2.33. The fourth-order valence-electron chi connectivity index (χ4n) is 0.963. The van der Waals surface area contributed by atoms with Crippen LogP contribution in [0.2, 0.25) is 0 Å². The third-order valence-electron chi connectivity index (χ3n) is 2.33. The van der Waals surface area contributed by atoms with E-state index in [1.165, 1.54) is 0 Å². The third kappa shape index (κ3) is 7.19. The minimum Gasteiger partial charge on any atom is -0.380 e. The smallest absolute Gasteiger partial charge is 0.191 e. The number of aliphatic imine (C=N–C) groups is 1. The van der Waals surface area contributed by atoms with Crippen LogP contribution in [-0.4, -0.2) is 38.8 Å². The second kappa shape index (κ2) is 8.53. The van der Waals surface area contributed by atoms with Gasteiger partial charge in [0, 0.05) is 26.2 Å². The topological polar surface area (TPSA) is 45.6 Å². The summed E-state index contributed by atoms with van der Waals surface area (Å²) < 4.78 is 5.24. The molecule has 0 spiro atoms. The zero-order valence-corrected chi connectivity index (χ0v) is 10.6. The minimum atomic E-state index is 0.420. The summed E-state index contributed by atoms with van der Waals surface area (Å²) in [4.78, 5) is 4.15. The van der Waals surface area contributed by atoms with Gasteiger partial charge in [-0.05, 0) is 19.8 Å². The van der Waals surface area contributed by atoms with Crippen LogP contribution in [0.15, 0.2) is 4.99 Å². The highest BCUT2D eigenvalue weighted by molar-refractivity contribution is 5.79. The Morgan fingerprint density at radius 1 is 1.33 bits per heavy atom. The average molecular weight is 215 g/mol. The number of rotatable bonds is 6. The molecule has 0 aromatic rings. The summed E-state index contributed by atoms with van der Waals surface area (Å²) in [5.74, 6) is 1.44. The Morgan fingerprint density at radius 3 is 2.47 bits per heavy atom. The van der Waals surface area contributed by atoms with Gasteiger partial charge >= 0.3 is 0 Å². The maximum atomic E-state index is 5.24. The molecule has 1 atom stereocenters. The van der Waals surface area contributed by atoms with Gasteiger partial charge in [-0.2, -0.15) is 0 Å². The Morgan fingerprint density at radius 2 is 2.00 bits per heavy atom. The molecule has 0 saturated carbocycles. The normalized spacial score (nSPS) is 14.1. The fourth-order valence-corrected chi connectivity index (χ4v) is 0.963. The lowest BCUT2D eigenvalue weighted by Crippen LogP contribution is -2.45. The number of hydrogen-bond acceptors (Lipinski definition) is 2. The quantitative estimate of drug-likeness (QED) is 0.398. The van der Waals surface area contributed by atoms with E-state index in [0.29, 0.717) is 18.6 Å². The van der Waals surface area contributed by atoms with E-state index in [-0.39, 0.29) is 0 Å². The van der Waals surface area contributed by atoms with Crippen molar-refractivity contribution in [2.75, 3.05) is 26.8 Å². The first-order valence-electron chi connectivity index (χ1n) is 5.66. The van der Waals surface area contributed by atoms with Gasteiger partial charge in [-0.1, -0.05) is 13.8 Å². The molecular formula is C11H25N3O. The molecule has 0 aliphatic rings. The highest BCUT2D eigenvalue weighted by atomic mass is 16.5. The van der Waals surface area contributed by atoms with Crippen LogP contribution in [-0.2, 0) is 4.74 Å². The Bertz CT molecular complexity index is 181. The largest absolute Gasteiger partial charge is 0.380 e. The zero-order chi connectivity index (χ0) is 11.7. The van der Waals surface area contributed by atoms with E-state index in [2.05, 4.69) is 36.4 Å². The second-order valence-corrected chi connectivity index (χ2v) is 3.87. The van der Waals surface area contributed by atoms with Gasteiger partial charge in [0.15, 0.2) is 5.96 Å². The number of nitrogens with zero attached hydrogens (tertiary/aromatic N) is 1. The van der Waals surface area contributed by atoms with E-state index in [1.54, 1.807) is 7.05 Å². The molecule has 4 heteroatoms. The molecular weight excluding hydrogens is 190 g/mol. The Hall–Kier alpha value is -0.770. The summed E-state index contributed by atoms with van der Waals surface area (Å²) >= 11 is 0. The van der Waals surface area contributed by atoms with E-state index < -0.39 is 0 Å². The average Bonchev–Trinajstić information content (AvgIpc) is 2.22. The summed E-state index contributed by atoms with van der Waals surface area (Å²) in [5, 5.41) is 6.53. The van der Waals surface area contributed by atoms with Gasteiger partial charge < -0.3 is 15.4 Å². The number of nitrogens with one attached hydrogen (secondary N) is 2. The molecule has 90 valence electrons. The van der Waals surface area contributed by atoms with E-state index in [9.17, 15) is 0 Å². The molecule has 4 nitrogen and oxygen atoms in total. The van der Waals surface area contributed by atoms with Crippen LogP contribution >= 0.6 is 0 Å². The van der Waals surface area contributed by atoms with Gasteiger partial charge in [-0.15, -0.1) is 0 Å². The molecule has 0 aromatic heterocycles. The summed E-state index contributed by atoms with van der Waals surface area (Å²) in [6.45, 7) is 10.8. The van der Waals surface area contributed by atoms with Gasteiger partial charge in [0.2, 0.25) is 0 Å². The molecule has 0 aliphatic carbocycles. The predicted molar refractivity (Wildman–Crippen MR) is 65.3 cm³/mol. The minimum absolute atomic E-state index is 0.420. The van der Waals surface area contributed by atoms with Crippen LogP contribution in [0, 0.1) is 5.92 Å². The molecule has 2 N–H and O–H groups in total. The summed E-state index contributed by atoms with van der Waals surface area (Å²) in [6, 6.07) is 0.420. The van der Waals surface area contributed by atoms with Crippen molar-refractivity contribution in [1.82, 2.24) is 10.6 Å². The van der Waals surface area contributed by atoms with Crippen molar-refractivity contribution in [2.45, 2.75) is 33.7 Å². The van der Waals surface area contributed by atoms with Crippen molar-refractivity contribution in [3.05, 3.63) is 0 Å². The summed E-state index contributed by atoms with van der Waals surface area (Å²) in [7, 11) is 1.78.